The van der Waals surface area contributed by atoms with Gasteiger partial charge in [-0.15, -0.1) is 5.10 Å². The van der Waals surface area contributed by atoms with Crippen molar-refractivity contribution in [3.05, 3.63) is 79.5 Å². The van der Waals surface area contributed by atoms with E-state index in [1.165, 1.54) is 5.69 Å². The molecule has 0 atom stereocenters. The van der Waals surface area contributed by atoms with Crippen molar-refractivity contribution in [1.82, 2.24) is 24.7 Å². The maximum atomic E-state index is 5.46. The molecule has 32 heavy (non-hydrogen) atoms. The molecule has 1 aliphatic rings. The molecule has 1 N–H and O–H groups in total. The Morgan fingerprint density at radius 1 is 0.969 bits per heavy atom. The normalized spacial score (nSPS) is 13.7. The van der Waals surface area contributed by atoms with E-state index in [9.17, 15) is 0 Å². The number of hydrogen-bond donors (Lipinski definition) is 1. The van der Waals surface area contributed by atoms with E-state index in [0.29, 0.717) is 11.8 Å². The lowest BCUT2D eigenvalue weighted by atomic mass is 10.1. The first-order chi connectivity index (χ1) is 15.8. The van der Waals surface area contributed by atoms with Crippen LogP contribution in [0.5, 0.6) is 0 Å². The van der Waals surface area contributed by atoms with E-state index in [4.69, 9.17) is 9.72 Å². The van der Waals surface area contributed by atoms with Crippen molar-refractivity contribution < 1.29 is 4.74 Å². The molecule has 8 nitrogen and oxygen atoms in total. The molecule has 1 saturated heterocycles. The van der Waals surface area contributed by atoms with Crippen molar-refractivity contribution in [2.75, 3.05) is 36.5 Å². The zero-order valence-corrected chi connectivity index (χ0v) is 17.6. The lowest BCUT2D eigenvalue weighted by Crippen LogP contribution is -2.36. The zero-order chi connectivity index (χ0) is 21.8. The maximum Gasteiger partial charge on any atom is 0.227 e. The Balaban J connectivity index is 1.33. The van der Waals surface area contributed by atoms with Gasteiger partial charge in [-0.1, -0.05) is 18.7 Å². The average molecular weight is 425 g/mol. The fraction of sp³-hybridized carbons (Fsp3) is 0.167. The molecule has 160 valence electrons. The van der Waals surface area contributed by atoms with E-state index >= 15 is 0 Å². The molecule has 1 fully saturated rings. The van der Waals surface area contributed by atoms with Gasteiger partial charge in [0.25, 0.3) is 0 Å². The fourth-order valence-corrected chi connectivity index (χ4v) is 3.58. The number of benzene rings is 2. The number of rotatable bonds is 6. The molecule has 5 rings (SSSR count). The molecule has 0 bridgehead atoms. The second-order valence-corrected chi connectivity index (χ2v) is 7.34. The summed E-state index contributed by atoms with van der Waals surface area (Å²) in [6.45, 7) is 7.01. The van der Waals surface area contributed by atoms with E-state index < -0.39 is 0 Å². The minimum absolute atomic E-state index is 0.543. The summed E-state index contributed by atoms with van der Waals surface area (Å²) in [4.78, 5) is 15.6. The highest BCUT2D eigenvalue weighted by Gasteiger charge is 2.12. The van der Waals surface area contributed by atoms with Gasteiger partial charge >= 0.3 is 0 Å². The van der Waals surface area contributed by atoms with Crippen LogP contribution < -0.4 is 10.2 Å². The van der Waals surface area contributed by atoms with Crippen LogP contribution in [0.4, 0.5) is 17.3 Å². The summed E-state index contributed by atoms with van der Waals surface area (Å²) in [5.41, 5.74) is 4.90. The molecule has 8 heteroatoms. The van der Waals surface area contributed by atoms with Crippen LogP contribution in [0.15, 0.2) is 73.7 Å². The molecule has 2 aromatic carbocycles. The van der Waals surface area contributed by atoms with Crippen molar-refractivity contribution >= 4 is 23.4 Å². The predicted octanol–water partition coefficient (Wildman–Crippen LogP) is 3.95. The third-order valence-electron chi connectivity index (χ3n) is 5.25. The summed E-state index contributed by atoms with van der Waals surface area (Å²) in [5.74, 6) is 1.14. The van der Waals surface area contributed by atoms with Crippen molar-refractivity contribution in [2.24, 2.45) is 0 Å². The van der Waals surface area contributed by atoms with E-state index in [1.807, 2.05) is 30.3 Å². The molecule has 0 radical (unpaired) electrons. The van der Waals surface area contributed by atoms with Gasteiger partial charge in [-0.2, -0.15) is 0 Å². The predicted molar refractivity (Wildman–Crippen MR) is 125 cm³/mol. The summed E-state index contributed by atoms with van der Waals surface area (Å²) in [5, 5.41) is 7.61. The van der Waals surface area contributed by atoms with Gasteiger partial charge in [0.1, 0.15) is 6.33 Å². The second-order valence-electron chi connectivity index (χ2n) is 7.34. The first-order valence-corrected chi connectivity index (χ1v) is 10.5. The molecule has 0 saturated carbocycles. The maximum absolute atomic E-state index is 5.46. The van der Waals surface area contributed by atoms with Gasteiger partial charge in [-0.25, -0.2) is 19.6 Å². The van der Waals surface area contributed by atoms with Crippen LogP contribution in [0.25, 0.3) is 23.0 Å². The van der Waals surface area contributed by atoms with Gasteiger partial charge in [0.2, 0.25) is 5.95 Å². The number of aromatic nitrogens is 5. The topological polar surface area (TPSA) is 81.0 Å². The number of hydrogen-bond acceptors (Lipinski definition) is 7. The summed E-state index contributed by atoms with van der Waals surface area (Å²) in [6.07, 6.45) is 5.05. The van der Waals surface area contributed by atoms with Crippen LogP contribution >= 0.6 is 0 Å². The Morgan fingerprint density at radius 2 is 1.81 bits per heavy atom. The first kappa shape index (κ1) is 19.9. The molecule has 3 heterocycles. The number of morpholine rings is 1. The highest BCUT2D eigenvalue weighted by Crippen LogP contribution is 2.25. The van der Waals surface area contributed by atoms with Crippen LogP contribution in [-0.2, 0) is 4.74 Å². The van der Waals surface area contributed by atoms with Crippen LogP contribution in [0.2, 0.25) is 0 Å². The highest BCUT2D eigenvalue weighted by molar-refractivity contribution is 5.67. The van der Waals surface area contributed by atoms with Gasteiger partial charge in [0, 0.05) is 36.2 Å². The van der Waals surface area contributed by atoms with Crippen LogP contribution in [0.3, 0.4) is 0 Å². The molecule has 2 aromatic heterocycles. The second kappa shape index (κ2) is 8.99. The molecular weight excluding hydrogens is 402 g/mol. The molecule has 0 spiro atoms. The molecular formula is C24H23N7O. The van der Waals surface area contributed by atoms with Gasteiger partial charge in [-0.3, -0.25) is 0 Å². The standard InChI is InChI=1S/C24H23N7O/c1-2-23-26-17-31(29-23)20-8-6-19(7-9-20)27-24-25-11-10-22(28-24)18-4-3-5-21(16-18)30-12-14-32-15-13-30/h2-11,16-17H,1,12-15H2,(H,25,27,28). The Kier molecular flexibility index (Phi) is 5.59. The molecule has 1 aliphatic heterocycles. The summed E-state index contributed by atoms with van der Waals surface area (Å²) in [7, 11) is 0. The van der Waals surface area contributed by atoms with Crippen molar-refractivity contribution in [2.45, 2.75) is 0 Å². The van der Waals surface area contributed by atoms with E-state index in [1.54, 1.807) is 23.3 Å². The Morgan fingerprint density at radius 3 is 2.59 bits per heavy atom. The van der Waals surface area contributed by atoms with Crippen molar-refractivity contribution in [1.29, 1.82) is 0 Å². The van der Waals surface area contributed by atoms with Crippen molar-refractivity contribution in [3.8, 4) is 16.9 Å². The van der Waals surface area contributed by atoms with Crippen LogP contribution in [0, 0.1) is 0 Å². The summed E-state index contributed by atoms with van der Waals surface area (Å²) < 4.78 is 7.17. The van der Waals surface area contributed by atoms with Gasteiger partial charge in [0.05, 0.1) is 24.6 Å². The third kappa shape index (κ3) is 4.35. The van der Waals surface area contributed by atoms with E-state index in [2.05, 4.69) is 56.1 Å². The smallest absolute Gasteiger partial charge is 0.227 e. The van der Waals surface area contributed by atoms with Crippen LogP contribution in [0.1, 0.15) is 5.82 Å². The molecule has 0 aliphatic carbocycles. The lowest BCUT2D eigenvalue weighted by Gasteiger charge is -2.29. The third-order valence-corrected chi connectivity index (χ3v) is 5.25. The van der Waals surface area contributed by atoms with Crippen molar-refractivity contribution in [3.63, 3.8) is 0 Å². The molecule has 4 aromatic rings. The zero-order valence-electron chi connectivity index (χ0n) is 17.6. The first-order valence-electron chi connectivity index (χ1n) is 10.5. The Hall–Kier alpha value is -4.04. The van der Waals surface area contributed by atoms with E-state index in [0.717, 1.165) is 48.9 Å². The largest absolute Gasteiger partial charge is 0.378 e. The minimum atomic E-state index is 0.543. The van der Waals surface area contributed by atoms with Gasteiger partial charge < -0.3 is 15.0 Å². The summed E-state index contributed by atoms with van der Waals surface area (Å²) in [6, 6.07) is 18.2. The Labute approximate surface area is 186 Å². The highest BCUT2D eigenvalue weighted by atomic mass is 16.5. The van der Waals surface area contributed by atoms with Gasteiger partial charge in [0.15, 0.2) is 5.82 Å². The van der Waals surface area contributed by atoms with Gasteiger partial charge in [-0.05, 0) is 48.5 Å². The quantitative estimate of drug-likeness (QED) is 0.501. The van der Waals surface area contributed by atoms with Crippen LogP contribution in [-0.4, -0.2) is 51.0 Å². The summed E-state index contributed by atoms with van der Waals surface area (Å²) >= 11 is 0. The number of nitrogens with one attached hydrogen (secondary N) is 1. The minimum Gasteiger partial charge on any atom is -0.378 e. The monoisotopic (exact) mass is 425 g/mol. The number of ether oxygens (including phenoxy) is 1. The number of anilines is 3. The van der Waals surface area contributed by atoms with E-state index in [-0.39, 0.29) is 0 Å². The average Bonchev–Trinajstić information content (AvgIpc) is 3.35. The number of nitrogens with zero attached hydrogens (tertiary/aromatic N) is 6. The molecule has 0 unspecified atom stereocenters. The lowest BCUT2D eigenvalue weighted by molar-refractivity contribution is 0.122. The SMILES string of the molecule is C=Cc1ncn(-c2ccc(Nc3nccc(-c4cccc(N5CCOCC5)c4)n3)cc2)n1. The fourth-order valence-electron chi connectivity index (χ4n) is 3.58. The Bertz CT molecular complexity index is 1210. The molecule has 0 amide bonds.